The summed E-state index contributed by atoms with van der Waals surface area (Å²) < 4.78 is 52.1. The second kappa shape index (κ2) is 11.3. The predicted octanol–water partition coefficient (Wildman–Crippen LogP) is 6.38. The summed E-state index contributed by atoms with van der Waals surface area (Å²) in [7, 11) is 1.98. The molecule has 1 saturated heterocycles. The largest absolute Gasteiger partial charge is 0.491 e. The summed E-state index contributed by atoms with van der Waals surface area (Å²) in [5, 5.41) is -0.00520. The van der Waals surface area contributed by atoms with Crippen LogP contribution in [0.2, 0.25) is 5.02 Å². The number of nitrogens with zero attached hydrogens (tertiary/aromatic N) is 2. The number of carbonyl (C=O) groups excluding carboxylic acids is 1. The van der Waals surface area contributed by atoms with Crippen molar-refractivity contribution < 1.29 is 27.4 Å². The zero-order valence-corrected chi connectivity index (χ0v) is 20.3. The van der Waals surface area contributed by atoms with Crippen molar-refractivity contribution in [2.45, 2.75) is 58.2 Å². The lowest BCUT2D eigenvalue weighted by atomic mass is 10.0. The number of ether oxygens (including phenoxy) is 2. The number of benzene rings is 2. The van der Waals surface area contributed by atoms with Gasteiger partial charge in [-0.15, -0.1) is 0 Å². The lowest BCUT2D eigenvalue weighted by molar-refractivity contribution is -0.138. The molecule has 5 nitrogen and oxygen atoms in total. The van der Waals surface area contributed by atoms with Crippen LogP contribution in [0.25, 0.3) is 0 Å². The molecule has 0 bridgehead atoms. The molecule has 0 radical (unpaired) electrons. The molecular weight excluding hydrogens is 469 g/mol. The molecule has 0 aliphatic carbocycles. The van der Waals surface area contributed by atoms with Gasteiger partial charge in [-0.1, -0.05) is 29.8 Å². The summed E-state index contributed by atoms with van der Waals surface area (Å²) in [5.41, 5.74) is -0.0929. The van der Waals surface area contributed by atoms with Gasteiger partial charge in [0.25, 0.3) is 0 Å². The molecule has 34 heavy (non-hydrogen) atoms. The summed E-state index contributed by atoms with van der Waals surface area (Å²) in [5.74, 6) is 0.709. The smallest absolute Gasteiger partial charge is 0.416 e. The first kappa shape index (κ1) is 26.2. The second-order valence-corrected chi connectivity index (χ2v) is 9.26. The van der Waals surface area contributed by atoms with Gasteiger partial charge in [-0.25, -0.2) is 4.79 Å². The van der Waals surface area contributed by atoms with Crippen molar-refractivity contribution in [3.8, 4) is 5.75 Å². The molecule has 0 spiro atoms. The standard InChI is InChI=1S/C25H30ClF3N2O3/c1-17(2)34-22-8-4-18(5-9-22)16-33-24(32)31(21-10-12-30(3)13-11-21)15-19-6-7-20(26)14-23(19)25(27,28)29/h4-9,14,17,21H,10-13,15-16H2,1-3H3. The van der Waals surface area contributed by atoms with E-state index < -0.39 is 17.8 Å². The third kappa shape index (κ3) is 7.27. The van der Waals surface area contributed by atoms with Gasteiger partial charge >= 0.3 is 12.3 Å². The Morgan fingerprint density at radius 2 is 1.79 bits per heavy atom. The van der Waals surface area contributed by atoms with Crippen LogP contribution in [0, 0.1) is 0 Å². The fourth-order valence-corrected chi connectivity index (χ4v) is 4.12. The molecular formula is C25H30ClF3N2O3. The zero-order valence-electron chi connectivity index (χ0n) is 19.6. The Balaban J connectivity index is 1.76. The SMILES string of the molecule is CC(C)Oc1ccc(COC(=O)N(Cc2ccc(Cl)cc2C(F)(F)F)C2CCN(C)CC2)cc1. The summed E-state index contributed by atoms with van der Waals surface area (Å²) in [6, 6.07) is 10.6. The number of amides is 1. The van der Waals surface area contributed by atoms with Gasteiger partial charge < -0.3 is 19.3 Å². The Morgan fingerprint density at radius 1 is 1.15 bits per heavy atom. The monoisotopic (exact) mass is 498 g/mol. The van der Waals surface area contributed by atoms with Crippen LogP contribution in [0.15, 0.2) is 42.5 Å². The van der Waals surface area contributed by atoms with Gasteiger partial charge in [0.15, 0.2) is 0 Å². The number of likely N-dealkylation sites (tertiary alicyclic amines) is 1. The number of alkyl halides is 3. The number of carbonyl (C=O) groups is 1. The minimum absolute atomic E-state index is 0.00520. The highest BCUT2D eigenvalue weighted by molar-refractivity contribution is 6.30. The molecule has 1 heterocycles. The van der Waals surface area contributed by atoms with Crippen molar-refractivity contribution in [3.05, 3.63) is 64.2 Å². The molecule has 9 heteroatoms. The number of rotatable bonds is 7. The maximum absolute atomic E-state index is 13.6. The molecule has 2 aromatic rings. The first-order valence-electron chi connectivity index (χ1n) is 11.3. The fourth-order valence-electron chi connectivity index (χ4n) is 3.95. The second-order valence-electron chi connectivity index (χ2n) is 8.83. The summed E-state index contributed by atoms with van der Waals surface area (Å²) in [4.78, 5) is 16.6. The Hall–Kier alpha value is -2.45. The minimum Gasteiger partial charge on any atom is -0.491 e. The van der Waals surface area contributed by atoms with Gasteiger partial charge in [-0.05, 0) is 82.2 Å². The molecule has 0 N–H and O–H groups in total. The Morgan fingerprint density at radius 3 is 2.38 bits per heavy atom. The molecule has 3 rings (SSSR count). The summed E-state index contributed by atoms with van der Waals surface area (Å²) >= 11 is 5.82. The van der Waals surface area contributed by atoms with Crippen molar-refractivity contribution in [3.63, 3.8) is 0 Å². The number of halogens is 4. The van der Waals surface area contributed by atoms with E-state index in [0.717, 1.165) is 24.7 Å². The van der Waals surface area contributed by atoms with E-state index in [1.165, 1.54) is 17.0 Å². The average Bonchev–Trinajstić information content (AvgIpc) is 2.77. The van der Waals surface area contributed by atoms with Crippen LogP contribution in [-0.2, 0) is 24.1 Å². The van der Waals surface area contributed by atoms with E-state index in [0.29, 0.717) is 18.6 Å². The molecule has 186 valence electrons. The van der Waals surface area contributed by atoms with Gasteiger partial charge in [-0.2, -0.15) is 13.2 Å². The molecule has 1 aliphatic rings. The summed E-state index contributed by atoms with van der Waals surface area (Å²) in [6.45, 7) is 5.16. The van der Waals surface area contributed by atoms with Crippen molar-refractivity contribution in [1.82, 2.24) is 9.80 Å². The van der Waals surface area contributed by atoms with Crippen LogP contribution in [0.5, 0.6) is 5.75 Å². The minimum atomic E-state index is -4.58. The van der Waals surface area contributed by atoms with Crippen molar-refractivity contribution >= 4 is 17.7 Å². The van der Waals surface area contributed by atoms with E-state index in [9.17, 15) is 18.0 Å². The van der Waals surface area contributed by atoms with E-state index >= 15 is 0 Å². The highest BCUT2D eigenvalue weighted by Gasteiger charge is 2.36. The van der Waals surface area contributed by atoms with E-state index in [4.69, 9.17) is 21.1 Å². The van der Waals surface area contributed by atoms with Gasteiger partial charge in [0.1, 0.15) is 12.4 Å². The van der Waals surface area contributed by atoms with Crippen LogP contribution in [0.4, 0.5) is 18.0 Å². The van der Waals surface area contributed by atoms with Crippen LogP contribution < -0.4 is 4.74 Å². The third-order valence-corrected chi connectivity index (χ3v) is 5.97. The van der Waals surface area contributed by atoms with Crippen LogP contribution >= 0.6 is 11.6 Å². The van der Waals surface area contributed by atoms with E-state index in [1.807, 2.05) is 20.9 Å². The van der Waals surface area contributed by atoms with Crippen molar-refractivity contribution in [2.24, 2.45) is 0 Å². The highest BCUT2D eigenvalue weighted by Crippen LogP contribution is 2.35. The Bertz CT molecular complexity index is 959. The molecule has 2 aromatic carbocycles. The fraction of sp³-hybridized carbons (Fsp3) is 0.480. The number of piperidine rings is 1. The first-order valence-corrected chi connectivity index (χ1v) is 11.6. The van der Waals surface area contributed by atoms with Crippen LogP contribution in [0.1, 0.15) is 43.4 Å². The lowest BCUT2D eigenvalue weighted by Crippen LogP contribution is -2.46. The maximum atomic E-state index is 13.6. The van der Waals surface area contributed by atoms with Gasteiger partial charge in [-0.3, -0.25) is 0 Å². The first-order chi connectivity index (χ1) is 16.0. The molecule has 1 amide bonds. The molecule has 0 aromatic heterocycles. The van der Waals surface area contributed by atoms with E-state index in [2.05, 4.69) is 4.90 Å². The van der Waals surface area contributed by atoms with E-state index in [-0.39, 0.29) is 35.9 Å². The Kier molecular flexibility index (Phi) is 8.71. The Labute approximate surface area is 203 Å². The van der Waals surface area contributed by atoms with Crippen LogP contribution in [-0.4, -0.2) is 48.2 Å². The molecule has 0 atom stereocenters. The van der Waals surface area contributed by atoms with Gasteiger partial charge in [0.2, 0.25) is 0 Å². The number of hydrogen-bond acceptors (Lipinski definition) is 4. The molecule has 0 unspecified atom stereocenters. The summed E-state index contributed by atoms with van der Waals surface area (Å²) in [6.07, 6.45) is -3.87. The van der Waals surface area contributed by atoms with Gasteiger partial charge in [0.05, 0.1) is 11.7 Å². The maximum Gasteiger partial charge on any atom is 0.416 e. The van der Waals surface area contributed by atoms with Crippen LogP contribution in [0.3, 0.4) is 0 Å². The van der Waals surface area contributed by atoms with Crippen molar-refractivity contribution in [2.75, 3.05) is 20.1 Å². The highest BCUT2D eigenvalue weighted by atomic mass is 35.5. The molecule has 0 saturated carbocycles. The average molecular weight is 499 g/mol. The van der Waals surface area contributed by atoms with Crippen molar-refractivity contribution in [1.29, 1.82) is 0 Å². The normalized spacial score (nSPS) is 15.4. The lowest BCUT2D eigenvalue weighted by Gasteiger charge is -2.37. The topological polar surface area (TPSA) is 42.0 Å². The quantitative estimate of drug-likeness (QED) is 0.444. The zero-order chi connectivity index (χ0) is 24.9. The molecule has 1 aliphatic heterocycles. The molecule has 1 fully saturated rings. The number of hydrogen-bond donors (Lipinski definition) is 0. The predicted molar refractivity (Wildman–Crippen MR) is 125 cm³/mol. The van der Waals surface area contributed by atoms with Gasteiger partial charge in [0, 0.05) is 17.6 Å². The third-order valence-electron chi connectivity index (χ3n) is 5.74. The van der Waals surface area contributed by atoms with E-state index in [1.54, 1.807) is 24.3 Å².